The van der Waals surface area contributed by atoms with E-state index in [4.69, 9.17) is 0 Å². The average Bonchev–Trinajstić information content (AvgIpc) is 3.74. The molecule has 0 spiro atoms. The van der Waals surface area contributed by atoms with E-state index in [9.17, 15) is 0 Å². The summed E-state index contributed by atoms with van der Waals surface area (Å²) >= 11 is 3.71. The molecule has 0 aliphatic carbocycles. The van der Waals surface area contributed by atoms with Crippen LogP contribution in [0.5, 0.6) is 0 Å². The van der Waals surface area contributed by atoms with E-state index >= 15 is 0 Å². The molecule has 0 atom stereocenters. The van der Waals surface area contributed by atoms with Crippen LogP contribution in [0.2, 0.25) is 0 Å². The Kier molecular flexibility index (Phi) is 5.34. The van der Waals surface area contributed by atoms with Gasteiger partial charge < -0.3 is 9.55 Å². The Morgan fingerprint density at radius 2 is 1.18 bits per heavy atom. The quantitative estimate of drug-likeness (QED) is 0.225. The molecule has 1 N–H and O–H groups in total. The molecular weight excluding hydrogens is 525 g/mol. The Morgan fingerprint density at radius 1 is 0.600 bits per heavy atom. The van der Waals surface area contributed by atoms with Crippen molar-refractivity contribution in [1.82, 2.24) is 9.55 Å². The number of H-pyrrole nitrogens is 1. The molecule has 0 unspecified atom stereocenters. The summed E-state index contributed by atoms with van der Waals surface area (Å²) in [7, 11) is 0. The van der Waals surface area contributed by atoms with Crippen molar-refractivity contribution in [3.63, 3.8) is 0 Å². The highest BCUT2D eigenvalue weighted by molar-refractivity contribution is 7.22. The number of nitrogens with one attached hydrogen (secondary N) is 1. The van der Waals surface area contributed by atoms with Crippen LogP contribution in [-0.2, 0) is 0 Å². The van der Waals surface area contributed by atoms with Crippen LogP contribution in [0.3, 0.4) is 0 Å². The summed E-state index contributed by atoms with van der Waals surface area (Å²) in [6, 6.07) is 42.2. The predicted molar refractivity (Wildman–Crippen MR) is 174 cm³/mol. The minimum atomic E-state index is 1.16. The van der Waals surface area contributed by atoms with Gasteiger partial charge in [-0.15, -0.1) is 22.7 Å². The molecule has 0 amide bonds. The Labute approximate surface area is 240 Å². The molecule has 192 valence electrons. The number of aromatic nitrogens is 2. The lowest BCUT2D eigenvalue weighted by atomic mass is 10.0. The summed E-state index contributed by atoms with van der Waals surface area (Å²) in [5, 5.41) is 2.57. The van der Waals surface area contributed by atoms with E-state index < -0.39 is 0 Å². The van der Waals surface area contributed by atoms with E-state index in [0.717, 1.165) is 5.69 Å². The largest absolute Gasteiger partial charge is 0.352 e. The number of aryl methyl sites for hydroxylation is 2. The standard InChI is InChI=1S/C36H26N2S2/c1-22-11-15-24(16-12-22)34-35-29(21-28(37-35)32-19-25-7-3-5-9-30(25)39-32)38(27-17-13-23(2)14-18-27)36(34)33-20-26-8-4-6-10-31(26)40-33/h3-21,37H,1-2H3. The summed E-state index contributed by atoms with van der Waals surface area (Å²) in [6.07, 6.45) is 0. The third kappa shape index (κ3) is 3.75. The summed E-state index contributed by atoms with van der Waals surface area (Å²) in [4.78, 5) is 6.42. The van der Waals surface area contributed by atoms with Gasteiger partial charge in [-0.05, 0) is 72.6 Å². The molecule has 4 heterocycles. The lowest BCUT2D eigenvalue weighted by Crippen LogP contribution is -1.96. The number of fused-ring (bicyclic) bond motifs is 3. The van der Waals surface area contributed by atoms with Gasteiger partial charge in [0.1, 0.15) is 0 Å². The van der Waals surface area contributed by atoms with Crippen molar-refractivity contribution in [2.24, 2.45) is 0 Å². The summed E-state index contributed by atoms with van der Waals surface area (Å²) in [5.74, 6) is 0. The molecular formula is C36H26N2S2. The van der Waals surface area contributed by atoms with Crippen molar-refractivity contribution in [2.45, 2.75) is 13.8 Å². The Bertz CT molecular complexity index is 2020. The monoisotopic (exact) mass is 550 g/mol. The van der Waals surface area contributed by atoms with Crippen LogP contribution in [0.15, 0.2) is 115 Å². The highest BCUT2D eigenvalue weighted by atomic mass is 32.1. The fraction of sp³-hybridized carbons (Fsp3) is 0.0556. The zero-order valence-corrected chi connectivity index (χ0v) is 23.9. The van der Waals surface area contributed by atoms with E-state index in [0.29, 0.717) is 0 Å². The maximum absolute atomic E-state index is 3.89. The van der Waals surface area contributed by atoms with Gasteiger partial charge in [-0.25, -0.2) is 0 Å². The molecule has 4 aromatic carbocycles. The fourth-order valence-corrected chi connectivity index (χ4v) is 7.84. The molecule has 0 fully saturated rings. The first-order valence-corrected chi connectivity index (χ1v) is 15.1. The number of hydrogen-bond acceptors (Lipinski definition) is 2. The SMILES string of the molecule is Cc1ccc(-c2c(-c3cc4ccccc4s3)n(-c3ccc(C)cc3)c3cc(-c4cc5ccccc5s4)[nH]c23)cc1. The highest BCUT2D eigenvalue weighted by Gasteiger charge is 2.25. The second-order valence-corrected chi connectivity index (χ2v) is 12.7. The molecule has 0 bridgehead atoms. The van der Waals surface area contributed by atoms with Crippen LogP contribution >= 0.6 is 22.7 Å². The van der Waals surface area contributed by atoms with Crippen LogP contribution < -0.4 is 0 Å². The third-order valence-corrected chi connectivity index (χ3v) is 10.0. The second kappa shape index (κ2) is 9.09. The molecule has 0 aliphatic heterocycles. The Hall–Kier alpha value is -4.38. The molecule has 8 aromatic rings. The molecule has 8 rings (SSSR count). The van der Waals surface area contributed by atoms with Gasteiger partial charge in [0.2, 0.25) is 0 Å². The molecule has 0 aliphatic rings. The van der Waals surface area contributed by atoms with Crippen molar-refractivity contribution in [1.29, 1.82) is 0 Å². The number of rotatable bonds is 4. The van der Waals surface area contributed by atoms with Crippen molar-refractivity contribution < 1.29 is 0 Å². The summed E-state index contributed by atoms with van der Waals surface area (Å²) in [5.41, 5.74) is 10.9. The van der Waals surface area contributed by atoms with Gasteiger partial charge in [0, 0.05) is 20.7 Å². The van der Waals surface area contributed by atoms with Crippen molar-refractivity contribution >= 4 is 53.9 Å². The van der Waals surface area contributed by atoms with E-state index in [1.165, 1.54) is 74.6 Å². The number of thiophene rings is 2. The number of aromatic amines is 1. The minimum absolute atomic E-state index is 1.16. The van der Waals surface area contributed by atoms with Gasteiger partial charge in [0.15, 0.2) is 0 Å². The molecule has 4 aromatic heterocycles. The van der Waals surface area contributed by atoms with Crippen LogP contribution in [-0.4, -0.2) is 9.55 Å². The van der Waals surface area contributed by atoms with Crippen LogP contribution in [0.4, 0.5) is 0 Å². The molecule has 4 heteroatoms. The normalized spacial score (nSPS) is 11.8. The zero-order valence-electron chi connectivity index (χ0n) is 22.2. The lowest BCUT2D eigenvalue weighted by Gasteiger charge is -2.12. The van der Waals surface area contributed by atoms with Crippen LogP contribution in [0.1, 0.15) is 11.1 Å². The van der Waals surface area contributed by atoms with E-state index in [1.807, 2.05) is 22.7 Å². The minimum Gasteiger partial charge on any atom is -0.352 e. The van der Waals surface area contributed by atoms with E-state index in [2.05, 4.69) is 139 Å². The molecule has 0 saturated heterocycles. The van der Waals surface area contributed by atoms with Crippen molar-refractivity contribution in [2.75, 3.05) is 0 Å². The lowest BCUT2D eigenvalue weighted by molar-refractivity contribution is 1.14. The smallest absolute Gasteiger partial charge is 0.0735 e. The van der Waals surface area contributed by atoms with Gasteiger partial charge in [-0.2, -0.15) is 0 Å². The van der Waals surface area contributed by atoms with Gasteiger partial charge in [-0.1, -0.05) is 83.9 Å². The third-order valence-electron chi connectivity index (χ3n) is 7.73. The van der Waals surface area contributed by atoms with Gasteiger partial charge in [0.05, 0.1) is 32.2 Å². The topological polar surface area (TPSA) is 20.7 Å². The zero-order chi connectivity index (χ0) is 26.8. The maximum Gasteiger partial charge on any atom is 0.0735 e. The van der Waals surface area contributed by atoms with Gasteiger partial charge >= 0.3 is 0 Å². The number of nitrogens with zero attached hydrogens (tertiary/aromatic N) is 1. The first-order chi connectivity index (χ1) is 19.6. The number of hydrogen-bond donors (Lipinski definition) is 1. The maximum atomic E-state index is 3.89. The fourth-order valence-electron chi connectivity index (χ4n) is 5.70. The predicted octanol–water partition coefficient (Wildman–Crippen LogP) is 11.0. The molecule has 2 nitrogen and oxygen atoms in total. The Morgan fingerprint density at radius 3 is 1.82 bits per heavy atom. The molecule has 40 heavy (non-hydrogen) atoms. The number of benzene rings is 4. The summed E-state index contributed by atoms with van der Waals surface area (Å²) in [6.45, 7) is 4.30. The first kappa shape index (κ1) is 23.5. The van der Waals surface area contributed by atoms with Crippen LogP contribution in [0, 0.1) is 13.8 Å². The van der Waals surface area contributed by atoms with Crippen molar-refractivity contribution in [3.8, 4) is 38.0 Å². The molecule has 0 saturated carbocycles. The van der Waals surface area contributed by atoms with Gasteiger partial charge in [-0.3, -0.25) is 0 Å². The average molecular weight is 551 g/mol. The van der Waals surface area contributed by atoms with E-state index in [-0.39, 0.29) is 0 Å². The Balaban J connectivity index is 1.48. The first-order valence-electron chi connectivity index (χ1n) is 13.5. The molecule has 0 radical (unpaired) electrons. The highest BCUT2D eigenvalue weighted by Crippen LogP contribution is 2.47. The van der Waals surface area contributed by atoms with E-state index in [1.54, 1.807) is 0 Å². The van der Waals surface area contributed by atoms with Gasteiger partial charge in [0.25, 0.3) is 0 Å². The summed E-state index contributed by atoms with van der Waals surface area (Å²) < 4.78 is 5.07. The van der Waals surface area contributed by atoms with Crippen molar-refractivity contribution in [3.05, 3.63) is 126 Å². The van der Waals surface area contributed by atoms with Crippen LogP contribution in [0.25, 0.3) is 69.2 Å². The second-order valence-electron chi connectivity index (χ2n) is 10.5.